The average Bonchev–Trinajstić information content (AvgIpc) is 2.43. The normalized spacial score (nSPS) is 18.2. The van der Waals surface area contributed by atoms with E-state index in [2.05, 4.69) is 5.10 Å². The molecule has 1 heterocycles. The number of alkyl halides is 3. The molecule has 78 valence electrons. The summed E-state index contributed by atoms with van der Waals surface area (Å²) in [5.74, 6) is 0.524. The van der Waals surface area contributed by atoms with Gasteiger partial charge in [-0.25, -0.2) is 0 Å². The first kappa shape index (κ1) is 9.55. The van der Waals surface area contributed by atoms with Gasteiger partial charge in [-0.05, 0) is 24.8 Å². The van der Waals surface area contributed by atoms with Crippen LogP contribution in [0.1, 0.15) is 25.0 Å². The fraction of sp³-hybridized carbons (Fsp3) is 0.667. The minimum atomic E-state index is -4.31. The summed E-state index contributed by atoms with van der Waals surface area (Å²) in [6.45, 7) is 0.621. The molecule has 1 aliphatic carbocycles. The Labute approximate surface area is 79.7 Å². The second kappa shape index (κ2) is 3.29. The largest absolute Gasteiger partial charge is 0.435 e. The van der Waals surface area contributed by atoms with Crippen LogP contribution in [0.15, 0.2) is 12.3 Å². The standard InChI is InChI=1S/C9H11F3N2/c10-9(11,12)8-4-5-14(13-8)6-7-2-1-3-7/h4-5,7H,1-3,6H2. The fourth-order valence-electron chi connectivity index (χ4n) is 1.55. The Hall–Kier alpha value is -1.00. The van der Waals surface area contributed by atoms with E-state index in [0.717, 1.165) is 18.9 Å². The molecule has 1 saturated carbocycles. The molecule has 1 fully saturated rings. The van der Waals surface area contributed by atoms with Crippen molar-refractivity contribution in [2.24, 2.45) is 5.92 Å². The Bertz CT molecular complexity index is 312. The van der Waals surface area contributed by atoms with Gasteiger partial charge in [-0.3, -0.25) is 4.68 Å². The molecule has 2 rings (SSSR count). The summed E-state index contributed by atoms with van der Waals surface area (Å²) in [6, 6.07) is 1.03. The summed E-state index contributed by atoms with van der Waals surface area (Å²) in [5.41, 5.74) is -0.795. The van der Waals surface area contributed by atoms with Crippen LogP contribution >= 0.6 is 0 Å². The van der Waals surface area contributed by atoms with Crippen molar-refractivity contribution in [3.05, 3.63) is 18.0 Å². The van der Waals surface area contributed by atoms with Gasteiger partial charge in [0, 0.05) is 12.7 Å². The lowest BCUT2D eigenvalue weighted by molar-refractivity contribution is -0.141. The molecule has 1 aromatic heterocycles. The molecule has 0 amide bonds. The highest BCUT2D eigenvalue weighted by Gasteiger charge is 2.33. The third-order valence-electron chi connectivity index (χ3n) is 2.60. The van der Waals surface area contributed by atoms with Crippen LogP contribution in [-0.2, 0) is 12.7 Å². The van der Waals surface area contributed by atoms with Gasteiger partial charge >= 0.3 is 6.18 Å². The van der Waals surface area contributed by atoms with Gasteiger partial charge in [-0.2, -0.15) is 18.3 Å². The van der Waals surface area contributed by atoms with E-state index in [1.165, 1.54) is 17.3 Å². The molecule has 5 heteroatoms. The summed E-state index contributed by atoms with van der Waals surface area (Å²) in [5, 5.41) is 3.50. The van der Waals surface area contributed by atoms with Gasteiger partial charge in [0.15, 0.2) is 5.69 Å². The van der Waals surface area contributed by atoms with Crippen molar-refractivity contribution in [1.82, 2.24) is 9.78 Å². The maximum atomic E-state index is 12.2. The van der Waals surface area contributed by atoms with Gasteiger partial charge in [-0.15, -0.1) is 0 Å². The molecular formula is C9H11F3N2. The Morgan fingerprint density at radius 2 is 2.14 bits per heavy atom. The van der Waals surface area contributed by atoms with E-state index in [-0.39, 0.29) is 0 Å². The zero-order chi connectivity index (χ0) is 10.2. The number of nitrogens with zero attached hydrogens (tertiary/aromatic N) is 2. The number of hydrogen-bond acceptors (Lipinski definition) is 1. The van der Waals surface area contributed by atoms with Gasteiger partial charge < -0.3 is 0 Å². The second-order valence-corrected chi connectivity index (χ2v) is 3.72. The molecule has 2 nitrogen and oxygen atoms in total. The molecule has 1 aliphatic rings. The lowest BCUT2D eigenvalue weighted by Gasteiger charge is -2.24. The van der Waals surface area contributed by atoms with E-state index in [1.54, 1.807) is 0 Å². The Kier molecular flexibility index (Phi) is 2.25. The van der Waals surface area contributed by atoms with Crippen molar-refractivity contribution in [3.8, 4) is 0 Å². The molecule has 0 N–H and O–H groups in total. The van der Waals surface area contributed by atoms with Crippen LogP contribution in [0.25, 0.3) is 0 Å². The van der Waals surface area contributed by atoms with Gasteiger partial charge in [0.05, 0.1) is 0 Å². The van der Waals surface area contributed by atoms with Crippen LogP contribution in [0.4, 0.5) is 13.2 Å². The highest BCUT2D eigenvalue weighted by atomic mass is 19.4. The van der Waals surface area contributed by atoms with Gasteiger partial charge in [0.2, 0.25) is 0 Å². The maximum Gasteiger partial charge on any atom is 0.435 e. The van der Waals surface area contributed by atoms with Crippen LogP contribution in [0.2, 0.25) is 0 Å². The highest BCUT2D eigenvalue weighted by Crippen LogP contribution is 2.30. The third kappa shape index (κ3) is 1.91. The van der Waals surface area contributed by atoms with E-state index in [9.17, 15) is 13.2 Å². The van der Waals surface area contributed by atoms with Gasteiger partial charge in [0.25, 0.3) is 0 Å². The van der Waals surface area contributed by atoms with Crippen LogP contribution in [-0.4, -0.2) is 9.78 Å². The molecule has 0 aliphatic heterocycles. The Balaban J connectivity index is 2.02. The van der Waals surface area contributed by atoms with Crippen molar-refractivity contribution in [2.75, 3.05) is 0 Å². The number of halogens is 3. The Morgan fingerprint density at radius 1 is 1.43 bits per heavy atom. The fourth-order valence-corrected chi connectivity index (χ4v) is 1.55. The average molecular weight is 204 g/mol. The molecule has 0 atom stereocenters. The van der Waals surface area contributed by atoms with Gasteiger partial charge in [0.1, 0.15) is 0 Å². The van der Waals surface area contributed by atoms with Crippen molar-refractivity contribution in [2.45, 2.75) is 32.0 Å². The van der Waals surface area contributed by atoms with Crippen LogP contribution < -0.4 is 0 Å². The van der Waals surface area contributed by atoms with Crippen molar-refractivity contribution in [1.29, 1.82) is 0 Å². The van der Waals surface area contributed by atoms with E-state index in [0.29, 0.717) is 12.5 Å². The summed E-state index contributed by atoms with van der Waals surface area (Å²) >= 11 is 0. The Morgan fingerprint density at radius 3 is 2.57 bits per heavy atom. The van der Waals surface area contributed by atoms with E-state index < -0.39 is 11.9 Å². The summed E-state index contributed by atoms with van der Waals surface area (Å²) in [7, 11) is 0. The molecule has 14 heavy (non-hydrogen) atoms. The molecule has 0 unspecified atom stereocenters. The number of aromatic nitrogens is 2. The van der Waals surface area contributed by atoms with E-state index in [4.69, 9.17) is 0 Å². The molecule has 0 radical (unpaired) electrons. The predicted molar refractivity (Wildman–Crippen MR) is 44.6 cm³/mol. The van der Waals surface area contributed by atoms with Gasteiger partial charge in [-0.1, -0.05) is 6.42 Å². The van der Waals surface area contributed by atoms with E-state index in [1.807, 2.05) is 0 Å². The minimum Gasteiger partial charge on any atom is -0.272 e. The molecule has 0 saturated heterocycles. The van der Waals surface area contributed by atoms with Crippen molar-refractivity contribution in [3.63, 3.8) is 0 Å². The number of hydrogen-bond donors (Lipinski definition) is 0. The van der Waals surface area contributed by atoms with E-state index >= 15 is 0 Å². The monoisotopic (exact) mass is 204 g/mol. The molecular weight excluding hydrogens is 193 g/mol. The minimum absolute atomic E-state index is 0.524. The molecule has 0 spiro atoms. The second-order valence-electron chi connectivity index (χ2n) is 3.72. The van der Waals surface area contributed by atoms with Crippen LogP contribution in [0.3, 0.4) is 0 Å². The zero-order valence-electron chi connectivity index (χ0n) is 7.59. The zero-order valence-corrected chi connectivity index (χ0v) is 7.59. The first-order valence-electron chi connectivity index (χ1n) is 4.66. The molecule has 0 bridgehead atoms. The first-order valence-corrected chi connectivity index (χ1v) is 4.66. The summed E-state index contributed by atoms with van der Waals surface area (Å²) < 4.78 is 37.9. The van der Waals surface area contributed by atoms with Crippen LogP contribution in [0.5, 0.6) is 0 Å². The predicted octanol–water partition coefficient (Wildman–Crippen LogP) is 2.70. The maximum absolute atomic E-state index is 12.2. The lowest BCUT2D eigenvalue weighted by Crippen LogP contribution is -2.19. The molecule has 0 aromatic carbocycles. The van der Waals surface area contributed by atoms with Crippen molar-refractivity contribution >= 4 is 0 Å². The summed E-state index contributed by atoms with van der Waals surface area (Å²) in [4.78, 5) is 0. The lowest BCUT2D eigenvalue weighted by atomic mass is 9.85. The van der Waals surface area contributed by atoms with Crippen LogP contribution in [0, 0.1) is 5.92 Å². The topological polar surface area (TPSA) is 17.8 Å². The quantitative estimate of drug-likeness (QED) is 0.724. The SMILES string of the molecule is FC(F)(F)c1ccn(CC2CCC2)n1. The third-order valence-corrected chi connectivity index (χ3v) is 2.60. The highest BCUT2D eigenvalue weighted by molar-refractivity contribution is 5.03. The first-order chi connectivity index (χ1) is 6.55. The summed E-state index contributed by atoms with van der Waals surface area (Å²) in [6.07, 6.45) is 0.506. The molecule has 1 aromatic rings. The smallest absolute Gasteiger partial charge is 0.272 e. The van der Waals surface area contributed by atoms with Crippen molar-refractivity contribution < 1.29 is 13.2 Å². The number of rotatable bonds is 2.